The van der Waals surface area contributed by atoms with Crippen LogP contribution in [0.1, 0.15) is 17.6 Å². The maximum absolute atomic E-state index is 12.8. The van der Waals surface area contributed by atoms with Crippen LogP contribution < -0.4 is 9.47 Å². The number of hydrogen-bond donors (Lipinski definition) is 1. The Morgan fingerprint density at radius 3 is 2.45 bits per heavy atom. The van der Waals surface area contributed by atoms with E-state index in [1.807, 2.05) is 0 Å². The topological polar surface area (TPSA) is 68.7 Å². The maximum atomic E-state index is 12.8. The molecule has 0 saturated heterocycles. The Morgan fingerprint density at radius 2 is 2.05 bits per heavy atom. The van der Waals surface area contributed by atoms with Crippen LogP contribution in [0.2, 0.25) is 0 Å². The van der Waals surface area contributed by atoms with Gasteiger partial charge in [0.05, 0.1) is 13.5 Å². The minimum absolute atomic E-state index is 0.332. The van der Waals surface area contributed by atoms with E-state index in [9.17, 15) is 26.7 Å². The number of hydrogen-bond acceptors (Lipinski definition) is 4. The molecule has 0 aliphatic rings. The minimum Gasteiger partial charge on any atom is -0.481 e. The van der Waals surface area contributed by atoms with Gasteiger partial charge in [-0.3, -0.25) is 4.79 Å². The Morgan fingerprint density at radius 1 is 1.45 bits per heavy atom. The lowest BCUT2D eigenvalue weighted by Gasteiger charge is -2.14. The SMILES string of the molecule is COc1nc(OC(F)(F)F)cc(C(F)F)c1CC(=O)O. The van der Waals surface area contributed by atoms with Crippen molar-refractivity contribution in [2.45, 2.75) is 19.2 Å². The number of ether oxygens (including phenoxy) is 2. The molecule has 0 aromatic carbocycles. The quantitative estimate of drug-likeness (QED) is 0.846. The smallest absolute Gasteiger partial charge is 0.481 e. The third kappa shape index (κ3) is 4.21. The second kappa shape index (κ2) is 5.88. The molecule has 0 aliphatic heterocycles. The van der Waals surface area contributed by atoms with E-state index < -0.39 is 48.1 Å². The molecule has 1 aromatic rings. The molecule has 112 valence electrons. The first-order valence-corrected chi connectivity index (χ1v) is 4.97. The summed E-state index contributed by atoms with van der Waals surface area (Å²) in [6.45, 7) is 0. The van der Waals surface area contributed by atoms with Gasteiger partial charge in [-0.05, 0) is 0 Å². The van der Waals surface area contributed by atoms with Crippen LogP contribution >= 0.6 is 0 Å². The summed E-state index contributed by atoms with van der Waals surface area (Å²) in [6.07, 6.45) is -9.20. The monoisotopic (exact) mass is 301 g/mol. The average Bonchev–Trinajstić information content (AvgIpc) is 2.27. The van der Waals surface area contributed by atoms with Gasteiger partial charge in [-0.15, -0.1) is 13.2 Å². The molecule has 0 unspecified atom stereocenters. The van der Waals surface area contributed by atoms with Gasteiger partial charge in [0.2, 0.25) is 11.8 Å². The van der Waals surface area contributed by atoms with Crippen molar-refractivity contribution in [1.82, 2.24) is 4.98 Å². The predicted octanol–water partition coefficient (Wildman–Crippen LogP) is 2.55. The normalized spacial score (nSPS) is 11.6. The van der Waals surface area contributed by atoms with Crippen LogP contribution in [0.4, 0.5) is 22.0 Å². The molecule has 10 heteroatoms. The molecule has 1 aromatic heterocycles. The van der Waals surface area contributed by atoms with Crippen molar-refractivity contribution in [2.24, 2.45) is 0 Å². The fourth-order valence-corrected chi connectivity index (χ4v) is 1.41. The number of carbonyl (C=O) groups is 1. The highest BCUT2D eigenvalue weighted by molar-refractivity contribution is 5.72. The van der Waals surface area contributed by atoms with Gasteiger partial charge in [0.15, 0.2) is 0 Å². The minimum atomic E-state index is -5.12. The van der Waals surface area contributed by atoms with E-state index in [-0.39, 0.29) is 0 Å². The molecule has 0 amide bonds. The summed E-state index contributed by atoms with van der Waals surface area (Å²) in [5.74, 6) is -3.28. The van der Waals surface area contributed by atoms with Crippen LogP contribution in [-0.4, -0.2) is 29.5 Å². The Labute approximate surface area is 108 Å². The van der Waals surface area contributed by atoms with E-state index in [1.54, 1.807) is 0 Å². The van der Waals surface area contributed by atoms with E-state index in [1.165, 1.54) is 0 Å². The summed E-state index contributed by atoms with van der Waals surface area (Å²) in [4.78, 5) is 13.8. The van der Waals surface area contributed by atoms with Crippen LogP contribution in [0.3, 0.4) is 0 Å². The molecule has 1 heterocycles. The molecule has 1 rings (SSSR count). The largest absolute Gasteiger partial charge is 0.574 e. The Bertz CT molecular complexity index is 503. The molecular weight excluding hydrogens is 293 g/mol. The van der Waals surface area contributed by atoms with Gasteiger partial charge in [-0.2, -0.15) is 4.98 Å². The number of nitrogens with zero attached hydrogens (tertiary/aromatic N) is 1. The summed E-state index contributed by atoms with van der Waals surface area (Å²) in [7, 11) is 0.959. The van der Waals surface area contributed by atoms with Crippen molar-refractivity contribution in [3.63, 3.8) is 0 Å². The van der Waals surface area contributed by atoms with Gasteiger partial charge in [0.25, 0.3) is 6.43 Å². The molecular formula is C10H8F5NO4. The molecule has 0 bridgehead atoms. The van der Waals surface area contributed by atoms with Gasteiger partial charge in [-0.1, -0.05) is 0 Å². The first-order valence-electron chi connectivity index (χ1n) is 4.97. The van der Waals surface area contributed by atoms with E-state index in [2.05, 4.69) is 14.5 Å². The van der Waals surface area contributed by atoms with Gasteiger partial charge in [0.1, 0.15) is 0 Å². The summed E-state index contributed by atoms with van der Waals surface area (Å²) in [6, 6.07) is 0.332. The van der Waals surface area contributed by atoms with Gasteiger partial charge in [0, 0.05) is 17.2 Å². The Hall–Kier alpha value is -2.13. The summed E-state index contributed by atoms with van der Waals surface area (Å²) in [5.41, 5.74) is -1.46. The second-order valence-electron chi connectivity index (χ2n) is 3.46. The molecule has 0 saturated carbocycles. The van der Waals surface area contributed by atoms with Crippen LogP contribution in [0, 0.1) is 0 Å². The van der Waals surface area contributed by atoms with Crippen LogP contribution in [0.5, 0.6) is 11.8 Å². The van der Waals surface area contributed by atoms with Crippen molar-refractivity contribution >= 4 is 5.97 Å². The molecule has 0 spiro atoms. The number of halogens is 5. The molecule has 0 atom stereocenters. The standard InChI is InChI=1S/C10H8F5NO4/c1-19-9-5(3-7(17)18)4(8(11)12)2-6(16-9)20-10(13,14)15/h2,8H,3H2,1H3,(H,17,18). The van der Waals surface area contributed by atoms with Crippen molar-refractivity contribution in [3.05, 3.63) is 17.2 Å². The van der Waals surface area contributed by atoms with Crippen molar-refractivity contribution in [1.29, 1.82) is 0 Å². The summed E-state index contributed by atoms with van der Waals surface area (Å²) in [5, 5.41) is 8.61. The van der Waals surface area contributed by atoms with Crippen molar-refractivity contribution in [3.8, 4) is 11.8 Å². The third-order valence-electron chi connectivity index (χ3n) is 2.07. The fourth-order valence-electron chi connectivity index (χ4n) is 1.41. The lowest BCUT2D eigenvalue weighted by molar-refractivity contribution is -0.276. The van der Waals surface area contributed by atoms with Gasteiger partial charge < -0.3 is 14.6 Å². The lowest BCUT2D eigenvalue weighted by Crippen LogP contribution is -2.19. The zero-order chi connectivity index (χ0) is 15.5. The highest BCUT2D eigenvalue weighted by Crippen LogP contribution is 2.34. The number of aliphatic carboxylic acids is 1. The molecule has 1 N–H and O–H groups in total. The predicted molar refractivity (Wildman–Crippen MR) is 53.8 cm³/mol. The van der Waals surface area contributed by atoms with Crippen molar-refractivity contribution in [2.75, 3.05) is 7.11 Å². The number of alkyl halides is 5. The zero-order valence-corrected chi connectivity index (χ0v) is 9.87. The molecule has 20 heavy (non-hydrogen) atoms. The molecule has 0 radical (unpaired) electrons. The second-order valence-corrected chi connectivity index (χ2v) is 3.46. The van der Waals surface area contributed by atoms with Crippen LogP contribution in [0.25, 0.3) is 0 Å². The highest BCUT2D eigenvalue weighted by atomic mass is 19.4. The Balaban J connectivity index is 3.34. The molecule has 5 nitrogen and oxygen atoms in total. The van der Waals surface area contributed by atoms with Gasteiger partial charge >= 0.3 is 12.3 Å². The summed E-state index contributed by atoms with van der Waals surface area (Å²) < 4.78 is 69.7. The van der Waals surface area contributed by atoms with Gasteiger partial charge in [-0.25, -0.2) is 8.78 Å². The fraction of sp³-hybridized carbons (Fsp3) is 0.400. The van der Waals surface area contributed by atoms with Crippen molar-refractivity contribution < 1.29 is 41.3 Å². The third-order valence-corrected chi connectivity index (χ3v) is 2.07. The zero-order valence-electron chi connectivity index (χ0n) is 9.87. The van der Waals surface area contributed by atoms with Crippen LogP contribution in [-0.2, 0) is 11.2 Å². The highest BCUT2D eigenvalue weighted by Gasteiger charge is 2.33. The molecule has 0 aliphatic carbocycles. The first-order chi connectivity index (χ1) is 9.14. The number of methoxy groups -OCH3 is 1. The number of aromatic nitrogens is 1. The number of carboxylic acid groups (broad SMARTS) is 1. The summed E-state index contributed by atoms with van der Waals surface area (Å²) >= 11 is 0. The van der Waals surface area contributed by atoms with E-state index in [4.69, 9.17) is 5.11 Å². The molecule has 0 fully saturated rings. The number of rotatable bonds is 5. The van der Waals surface area contributed by atoms with E-state index in [0.29, 0.717) is 6.07 Å². The maximum Gasteiger partial charge on any atom is 0.574 e. The number of pyridine rings is 1. The van der Waals surface area contributed by atoms with E-state index in [0.717, 1.165) is 7.11 Å². The Kier molecular flexibility index (Phi) is 4.69. The van der Waals surface area contributed by atoms with Crippen LogP contribution in [0.15, 0.2) is 6.07 Å². The van der Waals surface area contributed by atoms with E-state index >= 15 is 0 Å². The average molecular weight is 301 g/mol. The lowest BCUT2D eigenvalue weighted by atomic mass is 10.1. The number of carboxylic acids is 1. The first kappa shape index (κ1) is 15.9.